The molecule has 0 unspecified atom stereocenters. The predicted molar refractivity (Wildman–Crippen MR) is 77.0 cm³/mol. The largest absolute Gasteiger partial charge is 0.454 e. The molecule has 1 aliphatic heterocycles. The van der Waals surface area contributed by atoms with Gasteiger partial charge in [0.05, 0.1) is 24.8 Å². The minimum absolute atomic E-state index is 0.282. The Hall–Kier alpha value is -2.51. The number of ether oxygens (including phenoxy) is 3. The number of nitriles is 1. The molecular formula is C17H15NO3. The molecular weight excluding hydrogens is 266 g/mol. The summed E-state index contributed by atoms with van der Waals surface area (Å²) in [5, 5.41) is 8.85. The maximum absolute atomic E-state index is 8.85. The molecule has 0 aromatic heterocycles. The molecule has 0 radical (unpaired) electrons. The molecule has 106 valence electrons. The van der Waals surface area contributed by atoms with Crippen molar-refractivity contribution in [2.24, 2.45) is 0 Å². The van der Waals surface area contributed by atoms with Gasteiger partial charge < -0.3 is 14.2 Å². The summed E-state index contributed by atoms with van der Waals surface area (Å²) in [5.41, 5.74) is 3.88. The Morgan fingerprint density at radius 2 is 1.95 bits per heavy atom. The Kier molecular flexibility index (Phi) is 3.76. The third-order valence-corrected chi connectivity index (χ3v) is 3.43. The normalized spacial score (nSPS) is 12.2. The number of rotatable bonds is 4. The van der Waals surface area contributed by atoms with Crippen molar-refractivity contribution in [2.75, 3.05) is 6.79 Å². The standard InChI is InChI=1S/C17H15NO3/c1-12-6-13(8-18)2-4-15(12)10-19-9-14-3-5-16-17(7-14)21-11-20-16/h2-7H,9-11H2,1H3. The summed E-state index contributed by atoms with van der Waals surface area (Å²) in [7, 11) is 0. The third kappa shape index (κ3) is 2.99. The number of hydrogen-bond acceptors (Lipinski definition) is 4. The van der Waals surface area contributed by atoms with Crippen molar-refractivity contribution in [3.8, 4) is 17.6 Å². The summed E-state index contributed by atoms with van der Waals surface area (Å²) in [6.45, 7) is 3.30. The average Bonchev–Trinajstić information content (AvgIpc) is 2.96. The molecule has 2 aromatic rings. The van der Waals surface area contributed by atoms with Crippen LogP contribution in [0, 0.1) is 18.3 Å². The van der Waals surface area contributed by atoms with Crippen molar-refractivity contribution < 1.29 is 14.2 Å². The summed E-state index contributed by atoms with van der Waals surface area (Å²) in [5.74, 6) is 1.55. The minimum Gasteiger partial charge on any atom is -0.454 e. The fourth-order valence-electron chi connectivity index (χ4n) is 2.24. The summed E-state index contributed by atoms with van der Waals surface area (Å²) in [6.07, 6.45) is 0. The van der Waals surface area contributed by atoms with E-state index in [0.717, 1.165) is 28.2 Å². The lowest BCUT2D eigenvalue weighted by atomic mass is 10.1. The Balaban J connectivity index is 1.60. The van der Waals surface area contributed by atoms with Crippen LogP contribution in [0.1, 0.15) is 22.3 Å². The molecule has 4 heteroatoms. The summed E-state index contributed by atoms with van der Waals surface area (Å²) >= 11 is 0. The first-order valence-corrected chi connectivity index (χ1v) is 6.72. The lowest BCUT2D eigenvalue weighted by molar-refractivity contribution is 0.106. The van der Waals surface area contributed by atoms with Gasteiger partial charge in [0.1, 0.15) is 0 Å². The van der Waals surface area contributed by atoms with Crippen LogP contribution in [-0.4, -0.2) is 6.79 Å². The molecule has 0 saturated heterocycles. The van der Waals surface area contributed by atoms with E-state index in [1.807, 2.05) is 43.3 Å². The molecule has 3 rings (SSSR count). The van der Waals surface area contributed by atoms with Crippen molar-refractivity contribution >= 4 is 0 Å². The van der Waals surface area contributed by atoms with Crippen LogP contribution in [0.15, 0.2) is 36.4 Å². The second kappa shape index (κ2) is 5.86. The average molecular weight is 281 g/mol. The Morgan fingerprint density at radius 3 is 2.76 bits per heavy atom. The molecule has 0 amide bonds. The maximum atomic E-state index is 8.85. The number of benzene rings is 2. The van der Waals surface area contributed by atoms with Crippen molar-refractivity contribution in [1.29, 1.82) is 5.26 Å². The molecule has 0 atom stereocenters. The smallest absolute Gasteiger partial charge is 0.231 e. The van der Waals surface area contributed by atoms with Crippen LogP contribution in [0.5, 0.6) is 11.5 Å². The van der Waals surface area contributed by atoms with Crippen molar-refractivity contribution in [3.63, 3.8) is 0 Å². The monoisotopic (exact) mass is 281 g/mol. The number of fused-ring (bicyclic) bond motifs is 1. The zero-order valence-electron chi connectivity index (χ0n) is 11.8. The fourth-order valence-corrected chi connectivity index (χ4v) is 2.24. The van der Waals surface area contributed by atoms with E-state index < -0.39 is 0 Å². The highest BCUT2D eigenvalue weighted by Gasteiger charge is 2.13. The summed E-state index contributed by atoms with van der Waals surface area (Å²) in [4.78, 5) is 0. The SMILES string of the molecule is Cc1cc(C#N)ccc1COCc1ccc2c(c1)OCO2. The van der Waals surface area contributed by atoms with Crippen LogP contribution in [0.25, 0.3) is 0 Å². The van der Waals surface area contributed by atoms with E-state index in [9.17, 15) is 0 Å². The highest BCUT2D eigenvalue weighted by Crippen LogP contribution is 2.32. The van der Waals surface area contributed by atoms with Gasteiger partial charge in [0.15, 0.2) is 11.5 Å². The van der Waals surface area contributed by atoms with Gasteiger partial charge in [0, 0.05) is 0 Å². The lowest BCUT2D eigenvalue weighted by Crippen LogP contribution is -1.97. The van der Waals surface area contributed by atoms with E-state index in [0.29, 0.717) is 18.8 Å². The van der Waals surface area contributed by atoms with E-state index in [1.54, 1.807) is 0 Å². The minimum atomic E-state index is 0.282. The fraction of sp³-hybridized carbons (Fsp3) is 0.235. The van der Waals surface area contributed by atoms with Crippen LogP contribution in [0.2, 0.25) is 0 Å². The van der Waals surface area contributed by atoms with Gasteiger partial charge in [-0.25, -0.2) is 0 Å². The molecule has 1 aliphatic rings. The Morgan fingerprint density at radius 1 is 1.10 bits per heavy atom. The molecule has 0 aliphatic carbocycles. The molecule has 1 heterocycles. The van der Waals surface area contributed by atoms with E-state index in [4.69, 9.17) is 19.5 Å². The Labute approximate surface area is 123 Å². The predicted octanol–water partition coefficient (Wildman–Crippen LogP) is 3.31. The first-order chi connectivity index (χ1) is 10.3. The second-order valence-corrected chi connectivity index (χ2v) is 4.93. The molecule has 21 heavy (non-hydrogen) atoms. The molecule has 0 spiro atoms. The van der Waals surface area contributed by atoms with Gasteiger partial charge in [-0.05, 0) is 47.9 Å². The Bertz CT molecular complexity index is 704. The van der Waals surface area contributed by atoms with Gasteiger partial charge in [-0.15, -0.1) is 0 Å². The van der Waals surface area contributed by atoms with Gasteiger partial charge >= 0.3 is 0 Å². The van der Waals surface area contributed by atoms with Gasteiger partial charge in [0.2, 0.25) is 6.79 Å². The number of hydrogen-bond donors (Lipinski definition) is 0. The quantitative estimate of drug-likeness (QED) is 0.862. The van der Waals surface area contributed by atoms with Crippen LogP contribution in [-0.2, 0) is 18.0 Å². The maximum Gasteiger partial charge on any atom is 0.231 e. The van der Waals surface area contributed by atoms with E-state index in [1.165, 1.54) is 0 Å². The first kappa shape index (κ1) is 13.5. The van der Waals surface area contributed by atoms with Gasteiger partial charge in [-0.3, -0.25) is 0 Å². The zero-order chi connectivity index (χ0) is 14.7. The van der Waals surface area contributed by atoms with Crippen molar-refractivity contribution in [3.05, 3.63) is 58.7 Å². The van der Waals surface area contributed by atoms with E-state index in [2.05, 4.69) is 6.07 Å². The van der Waals surface area contributed by atoms with Crippen LogP contribution < -0.4 is 9.47 Å². The second-order valence-electron chi connectivity index (χ2n) is 4.93. The van der Waals surface area contributed by atoms with Gasteiger partial charge in [-0.1, -0.05) is 12.1 Å². The molecule has 0 fully saturated rings. The summed E-state index contributed by atoms with van der Waals surface area (Å²) < 4.78 is 16.4. The molecule has 0 saturated carbocycles. The summed E-state index contributed by atoms with van der Waals surface area (Å²) in [6, 6.07) is 13.6. The highest BCUT2D eigenvalue weighted by molar-refractivity contribution is 5.44. The molecule has 2 aromatic carbocycles. The highest BCUT2D eigenvalue weighted by atomic mass is 16.7. The van der Waals surface area contributed by atoms with Gasteiger partial charge in [-0.2, -0.15) is 5.26 Å². The van der Waals surface area contributed by atoms with E-state index in [-0.39, 0.29) is 6.79 Å². The van der Waals surface area contributed by atoms with Crippen LogP contribution in [0.3, 0.4) is 0 Å². The van der Waals surface area contributed by atoms with E-state index >= 15 is 0 Å². The first-order valence-electron chi connectivity index (χ1n) is 6.72. The lowest BCUT2D eigenvalue weighted by Gasteiger charge is -2.08. The third-order valence-electron chi connectivity index (χ3n) is 3.43. The number of aryl methyl sites for hydroxylation is 1. The van der Waals surface area contributed by atoms with Crippen LogP contribution in [0.4, 0.5) is 0 Å². The van der Waals surface area contributed by atoms with Crippen molar-refractivity contribution in [1.82, 2.24) is 0 Å². The molecule has 0 N–H and O–H groups in total. The molecule has 4 nitrogen and oxygen atoms in total. The topological polar surface area (TPSA) is 51.5 Å². The van der Waals surface area contributed by atoms with Crippen LogP contribution >= 0.6 is 0 Å². The van der Waals surface area contributed by atoms with Gasteiger partial charge in [0.25, 0.3) is 0 Å². The zero-order valence-corrected chi connectivity index (χ0v) is 11.8. The molecule has 0 bridgehead atoms. The van der Waals surface area contributed by atoms with Crippen molar-refractivity contribution in [2.45, 2.75) is 20.1 Å². The number of nitrogens with zero attached hydrogens (tertiary/aromatic N) is 1.